The highest BCUT2D eigenvalue weighted by atomic mass is 16.2. The molecule has 1 aromatic rings. The van der Waals surface area contributed by atoms with Crippen molar-refractivity contribution in [2.24, 2.45) is 0 Å². The molecular formula is C15H20N2O2. The lowest BCUT2D eigenvalue weighted by molar-refractivity contribution is -0.120. The number of nitrogens with one attached hydrogen (secondary N) is 2. The number of benzene rings is 1. The molecule has 102 valence electrons. The second-order valence-corrected chi connectivity index (χ2v) is 4.26. The van der Waals surface area contributed by atoms with E-state index in [-0.39, 0.29) is 11.8 Å². The molecule has 0 aliphatic heterocycles. The Morgan fingerprint density at radius 1 is 1.21 bits per heavy atom. The Balaban J connectivity index is 2.40. The van der Waals surface area contributed by atoms with Crippen molar-refractivity contribution in [3.8, 4) is 0 Å². The first-order valence-corrected chi connectivity index (χ1v) is 6.36. The third-order valence-corrected chi connectivity index (χ3v) is 2.51. The van der Waals surface area contributed by atoms with Crippen molar-refractivity contribution in [1.82, 2.24) is 5.32 Å². The van der Waals surface area contributed by atoms with E-state index in [0.717, 1.165) is 17.7 Å². The van der Waals surface area contributed by atoms with Crippen LogP contribution >= 0.6 is 0 Å². The Kier molecular flexibility index (Phi) is 6.36. The Morgan fingerprint density at radius 3 is 2.47 bits per heavy atom. The van der Waals surface area contributed by atoms with Crippen LogP contribution in [-0.2, 0) is 16.0 Å². The molecule has 0 bridgehead atoms. The Bertz CT molecular complexity index is 450. The van der Waals surface area contributed by atoms with Crippen molar-refractivity contribution in [1.29, 1.82) is 0 Å². The smallest absolute Gasteiger partial charge is 0.224 e. The van der Waals surface area contributed by atoms with Crippen molar-refractivity contribution in [2.45, 2.75) is 26.7 Å². The first-order valence-electron chi connectivity index (χ1n) is 6.36. The van der Waals surface area contributed by atoms with E-state index in [2.05, 4.69) is 10.6 Å². The quantitative estimate of drug-likeness (QED) is 0.609. The van der Waals surface area contributed by atoms with Gasteiger partial charge in [0.05, 0.1) is 6.42 Å². The highest BCUT2D eigenvalue weighted by Gasteiger charge is 2.02. The minimum absolute atomic E-state index is 0.0109. The monoisotopic (exact) mass is 260 g/mol. The third kappa shape index (κ3) is 6.41. The summed E-state index contributed by atoms with van der Waals surface area (Å²) in [6.07, 6.45) is 5.19. The fraction of sp³-hybridized carbons (Fsp3) is 0.333. The predicted octanol–water partition coefficient (Wildman–Crippen LogP) is 2.27. The van der Waals surface area contributed by atoms with Gasteiger partial charge < -0.3 is 10.6 Å². The zero-order valence-corrected chi connectivity index (χ0v) is 11.4. The van der Waals surface area contributed by atoms with Crippen molar-refractivity contribution < 1.29 is 9.59 Å². The highest BCUT2D eigenvalue weighted by molar-refractivity contribution is 5.88. The number of hydrogen-bond donors (Lipinski definition) is 2. The van der Waals surface area contributed by atoms with Gasteiger partial charge in [0.1, 0.15) is 0 Å². The maximum absolute atomic E-state index is 11.6. The summed E-state index contributed by atoms with van der Waals surface area (Å²) in [5.74, 6) is -0.0914. The topological polar surface area (TPSA) is 58.2 Å². The fourth-order valence-corrected chi connectivity index (χ4v) is 1.62. The van der Waals surface area contributed by atoms with Gasteiger partial charge in [0, 0.05) is 19.2 Å². The maximum atomic E-state index is 11.6. The Hall–Kier alpha value is -2.10. The van der Waals surface area contributed by atoms with Crippen LogP contribution in [0.2, 0.25) is 0 Å². The molecule has 0 atom stereocenters. The van der Waals surface area contributed by atoms with Crippen LogP contribution in [0, 0.1) is 0 Å². The van der Waals surface area contributed by atoms with Gasteiger partial charge in [-0.3, -0.25) is 9.59 Å². The lowest BCUT2D eigenvalue weighted by Gasteiger charge is -2.05. The average molecular weight is 260 g/mol. The van der Waals surface area contributed by atoms with Gasteiger partial charge in [-0.05, 0) is 31.0 Å². The third-order valence-electron chi connectivity index (χ3n) is 2.51. The molecule has 2 N–H and O–H groups in total. The van der Waals surface area contributed by atoms with E-state index < -0.39 is 0 Å². The van der Waals surface area contributed by atoms with Crippen LogP contribution in [-0.4, -0.2) is 18.4 Å². The Morgan fingerprint density at radius 2 is 1.89 bits per heavy atom. The zero-order valence-electron chi connectivity index (χ0n) is 11.4. The number of rotatable bonds is 6. The molecule has 0 saturated heterocycles. The number of amides is 2. The van der Waals surface area contributed by atoms with Gasteiger partial charge in [0.25, 0.3) is 0 Å². The molecule has 0 saturated carbocycles. The molecule has 0 aliphatic rings. The van der Waals surface area contributed by atoms with Gasteiger partial charge in [-0.1, -0.05) is 24.3 Å². The second-order valence-electron chi connectivity index (χ2n) is 4.26. The van der Waals surface area contributed by atoms with Crippen molar-refractivity contribution in [3.63, 3.8) is 0 Å². The van der Waals surface area contributed by atoms with E-state index in [4.69, 9.17) is 0 Å². The number of allylic oxidation sites excluding steroid dienone is 1. The summed E-state index contributed by atoms with van der Waals surface area (Å²) < 4.78 is 0. The summed E-state index contributed by atoms with van der Waals surface area (Å²) in [6, 6.07) is 7.28. The number of carbonyl (C=O) groups excluding carboxylic acids is 2. The summed E-state index contributed by atoms with van der Waals surface area (Å²) in [6.45, 7) is 4.08. The molecule has 1 aromatic carbocycles. The molecule has 0 radical (unpaired) electrons. The van der Waals surface area contributed by atoms with Gasteiger partial charge in [-0.25, -0.2) is 0 Å². The van der Waals surface area contributed by atoms with Crippen molar-refractivity contribution in [3.05, 3.63) is 42.0 Å². The van der Waals surface area contributed by atoms with Gasteiger partial charge in [-0.15, -0.1) is 0 Å². The van der Waals surface area contributed by atoms with Gasteiger partial charge in [0.15, 0.2) is 0 Å². The molecule has 0 spiro atoms. The van der Waals surface area contributed by atoms with E-state index in [0.29, 0.717) is 13.0 Å². The lowest BCUT2D eigenvalue weighted by Crippen LogP contribution is -2.25. The van der Waals surface area contributed by atoms with Gasteiger partial charge >= 0.3 is 0 Å². The van der Waals surface area contributed by atoms with Crippen LogP contribution in [0.15, 0.2) is 36.4 Å². The minimum atomic E-state index is -0.102. The second kappa shape index (κ2) is 8.08. The van der Waals surface area contributed by atoms with Gasteiger partial charge in [-0.2, -0.15) is 0 Å². The summed E-state index contributed by atoms with van der Waals surface area (Å²) in [5, 5.41) is 5.54. The summed E-state index contributed by atoms with van der Waals surface area (Å²) in [5.41, 5.74) is 1.67. The van der Waals surface area contributed by atoms with Crippen LogP contribution in [0.3, 0.4) is 0 Å². The van der Waals surface area contributed by atoms with Gasteiger partial charge in [0.2, 0.25) is 11.8 Å². The van der Waals surface area contributed by atoms with Crippen LogP contribution < -0.4 is 10.6 Å². The number of carbonyl (C=O) groups is 2. The van der Waals surface area contributed by atoms with Crippen LogP contribution in [0.25, 0.3) is 0 Å². The van der Waals surface area contributed by atoms with E-state index in [1.165, 1.54) is 6.92 Å². The Labute approximate surface area is 113 Å². The molecule has 0 heterocycles. The summed E-state index contributed by atoms with van der Waals surface area (Å²) >= 11 is 0. The molecule has 4 heteroatoms. The first kappa shape index (κ1) is 15.0. The molecule has 4 nitrogen and oxygen atoms in total. The fourth-order valence-electron chi connectivity index (χ4n) is 1.62. The number of anilines is 1. The highest BCUT2D eigenvalue weighted by Crippen LogP contribution is 2.09. The van der Waals surface area contributed by atoms with E-state index >= 15 is 0 Å². The minimum Gasteiger partial charge on any atom is -0.356 e. The molecule has 0 aliphatic carbocycles. The van der Waals surface area contributed by atoms with E-state index in [1.807, 2.05) is 31.2 Å². The van der Waals surface area contributed by atoms with E-state index in [9.17, 15) is 9.59 Å². The standard InChI is InChI=1S/C15H20N2O2/c1-3-4-5-10-16-15(19)11-13-6-8-14(9-7-13)17-12(2)18/h3-4,6-9H,5,10-11H2,1-2H3,(H,16,19)(H,17,18)/b4-3+. The molecule has 0 fully saturated rings. The molecule has 1 rings (SSSR count). The normalized spacial score (nSPS) is 10.4. The number of hydrogen-bond acceptors (Lipinski definition) is 2. The first-order chi connectivity index (χ1) is 9.11. The summed E-state index contributed by atoms with van der Waals surface area (Å²) in [7, 11) is 0. The zero-order chi connectivity index (χ0) is 14.1. The average Bonchev–Trinajstić information content (AvgIpc) is 2.36. The molecule has 2 amide bonds. The van der Waals surface area contributed by atoms with Crippen molar-refractivity contribution in [2.75, 3.05) is 11.9 Å². The van der Waals surface area contributed by atoms with Crippen LogP contribution in [0.5, 0.6) is 0 Å². The molecule has 0 unspecified atom stereocenters. The maximum Gasteiger partial charge on any atom is 0.224 e. The molecular weight excluding hydrogens is 240 g/mol. The lowest BCUT2D eigenvalue weighted by atomic mass is 10.1. The van der Waals surface area contributed by atoms with Crippen LogP contribution in [0.1, 0.15) is 25.8 Å². The SMILES string of the molecule is C/C=C/CCNC(=O)Cc1ccc(NC(C)=O)cc1. The molecule has 19 heavy (non-hydrogen) atoms. The largest absolute Gasteiger partial charge is 0.356 e. The summed E-state index contributed by atoms with van der Waals surface area (Å²) in [4.78, 5) is 22.5. The molecule has 0 aromatic heterocycles. The van der Waals surface area contributed by atoms with E-state index in [1.54, 1.807) is 12.1 Å². The van der Waals surface area contributed by atoms with Crippen molar-refractivity contribution >= 4 is 17.5 Å². The van der Waals surface area contributed by atoms with Crippen LogP contribution in [0.4, 0.5) is 5.69 Å². The predicted molar refractivity (Wildman–Crippen MR) is 76.9 cm³/mol.